The number of halogens is 1. The van der Waals surface area contributed by atoms with Gasteiger partial charge in [0.1, 0.15) is 18.8 Å². The van der Waals surface area contributed by atoms with Crippen molar-refractivity contribution < 1.29 is 50.2 Å². The molecule has 0 aliphatic carbocycles. The van der Waals surface area contributed by atoms with Crippen LogP contribution in [0.15, 0.2) is 60.7 Å². The van der Waals surface area contributed by atoms with Crippen LogP contribution in [0, 0.1) is 0 Å². The quantitative estimate of drug-likeness (QED) is 0.252. The first-order valence-corrected chi connectivity index (χ1v) is 11.7. The van der Waals surface area contributed by atoms with Crippen LogP contribution in [0.25, 0.3) is 0 Å². The molecule has 0 aromatic heterocycles. The highest BCUT2D eigenvalue weighted by Gasteiger charge is 2.35. The molecule has 1 atom stereocenters. The fourth-order valence-electron chi connectivity index (χ4n) is 4.16. The minimum Gasteiger partial charge on any atom is -1.00 e. The van der Waals surface area contributed by atoms with Crippen LogP contribution < -0.4 is 36.1 Å². The van der Waals surface area contributed by atoms with E-state index in [2.05, 4.69) is 0 Å². The number of methoxy groups -OCH3 is 5. The van der Waals surface area contributed by atoms with Gasteiger partial charge in [-0.05, 0) is 60.2 Å². The first kappa shape index (κ1) is 30.5. The molecule has 38 heavy (non-hydrogen) atoms. The Morgan fingerprint density at radius 1 is 0.658 bits per heavy atom. The largest absolute Gasteiger partial charge is 1.00 e. The van der Waals surface area contributed by atoms with Crippen LogP contribution >= 0.6 is 0 Å². The van der Waals surface area contributed by atoms with Gasteiger partial charge in [0, 0.05) is 11.1 Å². The Bertz CT molecular complexity index is 1250. The summed E-state index contributed by atoms with van der Waals surface area (Å²) in [7, 11) is 9.59. The van der Waals surface area contributed by atoms with Gasteiger partial charge in [0.2, 0.25) is 5.78 Å². The number of quaternary nitrogens is 1. The molecule has 0 N–H and O–H groups in total. The molecular weight excluding hydrogens is 510 g/mol. The number of ether oxygens (including phenoxy) is 5. The Hall–Kier alpha value is -3.75. The van der Waals surface area contributed by atoms with E-state index in [-0.39, 0.29) is 48.1 Å². The van der Waals surface area contributed by atoms with Crippen LogP contribution in [0.1, 0.15) is 21.5 Å². The molecule has 0 aliphatic heterocycles. The van der Waals surface area contributed by atoms with Crippen LogP contribution in [0.2, 0.25) is 0 Å². The molecule has 3 aromatic rings. The van der Waals surface area contributed by atoms with Crippen molar-refractivity contribution in [1.29, 1.82) is 0 Å². The molecule has 1 amide bonds. The summed E-state index contributed by atoms with van der Waals surface area (Å²) in [4.78, 5) is 27.1. The minimum atomic E-state index is -0.147. The van der Waals surface area contributed by atoms with Gasteiger partial charge >= 0.3 is 5.91 Å². The van der Waals surface area contributed by atoms with Gasteiger partial charge in [0.25, 0.3) is 0 Å². The van der Waals surface area contributed by atoms with E-state index in [0.717, 1.165) is 11.1 Å². The van der Waals surface area contributed by atoms with E-state index in [9.17, 15) is 9.59 Å². The number of carbonyl (C=O) groups is 2. The molecule has 1 unspecified atom stereocenters. The van der Waals surface area contributed by atoms with Crippen molar-refractivity contribution in [2.45, 2.75) is 13.0 Å². The van der Waals surface area contributed by atoms with Crippen LogP contribution in [-0.2, 0) is 17.8 Å². The van der Waals surface area contributed by atoms with Gasteiger partial charge in [0.05, 0.1) is 49.0 Å². The third-order valence-electron chi connectivity index (χ3n) is 6.29. The third kappa shape index (κ3) is 7.18. The van der Waals surface area contributed by atoms with Crippen molar-refractivity contribution >= 4 is 11.7 Å². The topological polar surface area (TPSA) is 80.3 Å². The average molecular weight is 544 g/mol. The van der Waals surface area contributed by atoms with E-state index < -0.39 is 0 Å². The van der Waals surface area contributed by atoms with E-state index in [1.54, 1.807) is 85.1 Å². The zero-order valence-electron chi connectivity index (χ0n) is 22.6. The highest BCUT2D eigenvalue weighted by Crippen LogP contribution is 2.31. The Morgan fingerprint density at radius 2 is 1.16 bits per heavy atom. The number of amides is 1. The van der Waals surface area contributed by atoms with Crippen LogP contribution in [0.3, 0.4) is 0 Å². The second-order valence-electron chi connectivity index (χ2n) is 8.81. The van der Waals surface area contributed by atoms with Gasteiger partial charge in [0.15, 0.2) is 23.0 Å². The van der Waals surface area contributed by atoms with Crippen LogP contribution in [0.4, 0.5) is 0 Å². The zero-order valence-corrected chi connectivity index (χ0v) is 23.3. The molecule has 0 bridgehead atoms. The van der Waals surface area contributed by atoms with E-state index >= 15 is 0 Å². The number of benzene rings is 3. The summed E-state index contributed by atoms with van der Waals surface area (Å²) in [6.07, 6.45) is 0.111. The molecule has 204 valence electrons. The molecular formula is C29H34ClNO7. The molecule has 3 rings (SSSR count). The van der Waals surface area contributed by atoms with E-state index in [4.69, 9.17) is 23.7 Å². The molecule has 0 spiro atoms. The molecule has 0 aliphatic rings. The minimum absolute atomic E-state index is 0. The maximum Gasteiger partial charge on any atom is 0.318 e. The summed E-state index contributed by atoms with van der Waals surface area (Å²) in [6, 6.07) is 17.8. The van der Waals surface area contributed by atoms with Gasteiger partial charge in [-0.2, -0.15) is 0 Å². The number of Topliss-reactive ketones (excluding diaryl/α,β-unsaturated/α-hetero) is 1. The number of hydrogen-bond acceptors (Lipinski definition) is 7. The first-order valence-electron chi connectivity index (χ1n) is 11.7. The van der Waals surface area contributed by atoms with Crippen molar-refractivity contribution in [3.63, 3.8) is 0 Å². The lowest BCUT2D eigenvalue weighted by atomic mass is 10.0. The second-order valence-corrected chi connectivity index (χ2v) is 8.81. The summed E-state index contributed by atoms with van der Waals surface area (Å²) in [6.45, 7) is 0.265. The summed E-state index contributed by atoms with van der Waals surface area (Å²) < 4.78 is 26.6. The molecule has 0 saturated heterocycles. The average Bonchev–Trinajstić information content (AvgIpc) is 2.92. The molecule has 0 heterocycles. The smallest absolute Gasteiger partial charge is 0.318 e. The van der Waals surface area contributed by atoms with E-state index in [1.165, 1.54) is 0 Å². The predicted molar refractivity (Wildman–Crippen MR) is 140 cm³/mol. The normalized spacial score (nSPS) is 11.9. The van der Waals surface area contributed by atoms with Gasteiger partial charge < -0.3 is 36.1 Å². The Balaban J connectivity index is 0.00000507. The highest BCUT2D eigenvalue weighted by atomic mass is 35.5. The number of ketones is 1. The van der Waals surface area contributed by atoms with E-state index in [1.807, 2.05) is 18.2 Å². The molecule has 0 saturated carbocycles. The van der Waals surface area contributed by atoms with Gasteiger partial charge in [-0.25, -0.2) is 4.79 Å². The third-order valence-corrected chi connectivity index (χ3v) is 6.29. The van der Waals surface area contributed by atoms with Gasteiger partial charge in [-0.15, -0.1) is 0 Å². The maximum atomic E-state index is 13.8. The molecule has 0 fully saturated rings. The number of hydrogen-bond donors (Lipinski definition) is 0. The van der Waals surface area contributed by atoms with Crippen molar-refractivity contribution in [1.82, 2.24) is 0 Å². The Morgan fingerprint density at radius 3 is 1.66 bits per heavy atom. The van der Waals surface area contributed by atoms with Crippen molar-refractivity contribution in [2.75, 3.05) is 49.1 Å². The number of carbonyl (C=O) groups excluding carboxylic acids is 2. The van der Waals surface area contributed by atoms with Gasteiger partial charge in [-0.3, -0.25) is 9.28 Å². The lowest BCUT2D eigenvalue weighted by Crippen LogP contribution is -3.00. The predicted octanol–water partition coefficient (Wildman–Crippen LogP) is 1.33. The van der Waals surface area contributed by atoms with Gasteiger partial charge in [-0.1, -0.05) is 6.07 Å². The standard InChI is InChI=1S/C29H34NO7.ClH/c1-30(18-21-8-14-26(35-4)28(16-21)37-6,19-24(31)22-9-11-23(33-2)12-10-22)29(32)17-20-7-13-25(34-3)27(15-20)36-5;/h7-16H,17-19H2,1-6H3;1H/q+1;/p-1. The monoisotopic (exact) mass is 543 g/mol. The zero-order chi connectivity index (χ0) is 27.0. The number of nitrogens with zero attached hydrogens (tertiary/aromatic N) is 1. The van der Waals surface area contributed by atoms with Crippen molar-refractivity contribution in [3.05, 3.63) is 77.4 Å². The molecule has 8 nitrogen and oxygen atoms in total. The van der Waals surface area contributed by atoms with Crippen molar-refractivity contribution in [3.8, 4) is 28.7 Å². The molecule has 9 heteroatoms. The molecule has 3 aromatic carbocycles. The van der Waals surface area contributed by atoms with Crippen LogP contribution in [0.5, 0.6) is 28.7 Å². The SMILES string of the molecule is COc1ccc(C(=O)C[N+](C)(Cc2ccc(OC)c(OC)c2)C(=O)Cc2ccc(OC)c(OC)c2)cc1.[Cl-]. The first-order chi connectivity index (χ1) is 17.8. The second kappa shape index (κ2) is 13.7. The summed E-state index contributed by atoms with van der Waals surface area (Å²) in [5.74, 6) is 2.65. The lowest BCUT2D eigenvalue weighted by molar-refractivity contribution is -0.839. The number of rotatable bonds is 12. The Labute approximate surface area is 230 Å². The lowest BCUT2D eigenvalue weighted by Gasteiger charge is -2.31. The summed E-state index contributed by atoms with van der Waals surface area (Å²) >= 11 is 0. The Kier molecular flexibility index (Phi) is 11.0. The fraction of sp³-hybridized carbons (Fsp3) is 0.310. The maximum absolute atomic E-state index is 13.8. The van der Waals surface area contributed by atoms with E-state index in [0.29, 0.717) is 34.3 Å². The summed E-state index contributed by atoms with van der Waals surface area (Å²) in [5.41, 5.74) is 2.11. The fourth-order valence-corrected chi connectivity index (χ4v) is 4.16. The summed E-state index contributed by atoms with van der Waals surface area (Å²) in [5, 5.41) is 0. The van der Waals surface area contributed by atoms with Crippen molar-refractivity contribution in [2.24, 2.45) is 0 Å². The highest BCUT2D eigenvalue weighted by molar-refractivity contribution is 5.98. The number of likely N-dealkylation sites (N-methyl/N-ethyl adjacent to an activating group) is 1. The van der Waals surface area contributed by atoms with Crippen LogP contribution in [-0.4, -0.2) is 65.3 Å². The molecule has 0 radical (unpaired) electrons.